The van der Waals surface area contributed by atoms with Crippen molar-refractivity contribution in [2.45, 2.75) is 6.92 Å². The van der Waals surface area contributed by atoms with E-state index in [1.807, 2.05) is 6.92 Å². The van der Waals surface area contributed by atoms with Crippen molar-refractivity contribution >= 4 is 16.3 Å². The number of nitrogens with one attached hydrogen (secondary N) is 1. The second kappa shape index (κ2) is 4.52. The van der Waals surface area contributed by atoms with Gasteiger partial charge in [-0.3, -0.25) is 4.98 Å². The van der Waals surface area contributed by atoms with Crippen LogP contribution >= 0.6 is 11.3 Å². The highest BCUT2D eigenvalue weighted by Crippen LogP contribution is 2.30. The molecule has 2 aromatic rings. The predicted molar refractivity (Wildman–Crippen MR) is 59.4 cm³/mol. The minimum atomic E-state index is -0.564. The van der Waals surface area contributed by atoms with Gasteiger partial charge in [-0.1, -0.05) is 11.3 Å². The fraction of sp³-hybridized carbons (Fsp3) is 0.200. The number of pyridine rings is 1. The second-order valence-electron chi connectivity index (χ2n) is 3.06. The SMILES string of the molecule is CCNc1sc(-c2cncc(F)c2)nc1F. The summed E-state index contributed by atoms with van der Waals surface area (Å²) >= 11 is 1.14. The topological polar surface area (TPSA) is 37.8 Å². The Labute approximate surface area is 95.2 Å². The van der Waals surface area contributed by atoms with Crippen LogP contribution in [0, 0.1) is 11.8 Å². The maximum absolute atomic E-state index is 13.3. The normalized spacial score (nSPS) is 10.4. The Bertz CT molecular complexity index is 499. The molecule has 0 bridgehead atoms. The Balaban J connectivity index is 2.37. The lowest BCUT2D eigenvalue weighted by atomic mass is 10.3. The van der Waals surface area contributed by atoms with Crippen LogP contribution in [-0.2, 0) is 0 Å². The molecule has 3 nitrogen and oxygen atoms in total. The highest BCUT2D eigenvalue weighted by atomic mass is 32.1. The summed E-state index contributed by atoms with van der Waals surface area (Å²) in [6.07, 6.45) is 2.55. The zero-order chi connectivity index (χ0) is 11.5. The average Bonchev–Trinajstić information content (AvgIpc) is 2.61. The summed E-state index contributed by atoms with van der Waals surface area (Å²) in [5.74, 6) is -1.02. The maximum atomic E-state index is 13.3. The molecule has 0 fully saturated rings. The van der Waals surface area contributed by atoms with Gasteiger partial charge in [-0.25, -0.2) is 9.37 Å². The number of rotatable bonds is 3. The molecule has 0 aliphatic carbocycles. The van der Waals surface area contributed by atoms with E-state index in [4.69, 9.17) is 0 Å². The summed E-state index contributed by atoms with van der Waals surface area (Å²) in [5.41, 5.74) is 0.480. The van der Waals surface area contributed by atoms with E-state index in [1.165, 1.54) is 12.3 Å². The molecule has 0 atom stereocenters. The Morgan fingerprint density at radius 2 is 2.19 bits per heavy atom. The quantitative estimate of drug-likeness (QED) is 0.897. The van der Waals surface area contributed by atoms with Crippen LogP contribution in [0.4, 0.5) is 13.8 Å². The number of aromatic nitrogens is 2. The van der Waals surface area contributed by atoms with Gasteiger partial charge in [0, 0.05) is 18.3 Å². The average molecular weight is 241 g/mol. The van der Waals surface area contributed by atoms with Crippen LogP contribution in [-0.4, -0.2) is 16.5 Å². The molecule has 0 saturated heterocycles. The van der Waals surface area contributed by atoms with Gasteiger partial charge in [-0.05, 0) is 13.0 Å². The molecule has 2 aromatic heterocycles. The molecular weight excluding hydrogens is 232 g/mol. The van der Waals surface area contributed by atoms with Crippen molar-refractivity contribution in [1.29, 1.82) is 0 Å². The monoisotopic (exact) mass is 241 g/mol. The van der Waals surface area contributed by atoms with Crippen molar-refractivity contribution in [3.8, 4) is 10.6 Å². The molecule has 6 heteroatoms. The second-order valence-corrected chi connectivity index (χ2v) is 4.06. The van der Waals surface area contributed by atoms with Crippen LogP contribution < -0.4 is 5.32 Å². The highest BCUT2D eigenvalue weighted by molar-refractivity contribution is 7.18. The third-order valence-electron chi connectivity index (χ3n) is 1.87. The van der Waals surface area contributed by atoms with E-state index in [-0.39, 0.29) is 0 Å². The Hall–Kier alpha value is -1.56. The van der Waals surface area contributed by atoms with Crippen molar-refractivity contribution in [1.82, 2.24) is 9.97 Å². The van der Waals surface area contributed by atoms with Crippen LogP contribution in [0.25, 0.3) is 10.6 Å². The van der Waals surface area contributed by atoms with Gasteiger partial charge in [0.05, 0.1) is 6.20 Å². The summed E-state index contributed by atoms with van der Waals surface area (Å²) in [4.78, 5) is 7.42. The third-order valence-corrected chi connectivity index (χ3v) is 2.91. The lowest BCUT2D eigenvalue weighted by Crippen LogP contribution is -1.95. The maximum Gasteiger partial charge on any atom is 0.248 e. The van der Waals surface area contributed by atoms with E-state index in [0.29, 0.717) is 22.1 Å². The molecule has 0 aliphatic heterocycles. The predicted octanol–water partition coefficient (Wildman–Crippen LogP) is 2.92. The molecule has 0 spiro atoms. The molecule has 0 saturated carbocycles. The Morgan fingerprint density at radius 1 is 1.38 bits per heavy atom. The van der Waals surface area contributed by atoms with Gasteiger partial charge >= 0.3 is 0 Å². The molecule has 2 heterocycles. The minimum Gasteiger partial charge on any atom is -0.373 e. The van der Waals surface area contributed by atoms with E-state index < -0.39 is 11.8 Å². The lowest BCUT2D eigenvalue weighted by molar-refractivity contribution is 0.595. The minimum absolute atomic E-state index is 0.363. The van der Waals surface area contributed by atoms with Crippen molar-refractivity contribution in [3.05, 3.63) is 30.2 Å². The van der Waals surface area contributed by atoms with Gasteiger partial charge in [-0.2, -0.15) is 4.39 Å². The van der Waals surface area contributed by atoms with Crippen molar-refractivity contribution in [2.75, 3.05) is 11.9 Å². The summed E-state index contributed by atoms with van der Waals surface area (Å²) < 4.78 is 26.2. The number of thiazole rings is 1. The molecule has 0 amide bonds. The van der Waals surface area contributed by atoms with Crippen LogP contribution in [0.2, 0.25) is 0 Å². The van der Waals surface area contributed by atoms with Crippen LogP contribution in [0.15, 0.2) is 18.5 Å². The van der Waals surface area contributed by atoms with Crippen molar-refractivity contribution < 1.29 is 8.78 Å². The van der Waals surface area contributed by atoms with E-state index >= 15 is 0 Å². The molecule has 0 unspecified atom stereocenters. The first kappa shape index (κ1) is 10.9. The summed E-state index contributed by atoms with van der Waals surface area (Å²) in [6.45, 7) is 2.47. The van der Waals surface area contributed by atoms with Gasteiger partial charge in [0.1, 0.15) is 15.8 Å². The molecule has 2 rings (SSSR count). The first-order chi connectivity index (χ1) is 7.70. The van der Waals surface area contributed by atoms with E-state index in [0.717, 1.165) is 17.5 Å². The first-order valence-electron chi connectivity index (χ1n) is 4.72. The molecule has 84 valence electrons. The van der Waals surface area contributed by atoms with Gasteiger partial charge < -0.3 is 5.32 Å². The first-order valence-corrected chi connectivity index (χ1v) is 5.53. The molecule has 0 radical (unpaired) electrons. The largest absolute Gasteiger partial charge is 0.373 e. The zero-order valence-corrected chi connectivity index (χ0v) is 9.31. The number of hydrogen-bond acceptors (Lipinski definition) is 4. The number of nitrogens with zero attached hydrogens (tertiary/aromatic N) is 2. The molecule has 1 N–H and O–H groups in total. The molecular formula is C10H9F2N3S. The summed E-state index contributed by atoms with van der Waals surface area (Å²) in [7, 11) is 0. The number of halogens is 2. The zero-order valence-electron chi connectivity index (χ0n) is 8.50. The number of hydrogen-bond donors (Lipinski definition) is 1. The van der Waals surface area contributed by atoms with Crippen LogP contribution in [0.5, 0.6) is 0 Å². The fourth-order valence-electron chi connectivity index (χ4n) is 1.22. The lowest BCUT2D eigenvalue weighted by Gasteiger charge is -1.95. The van der Waals surface area contributed by atoms with Crippen molar-refractivity contribution in [3.63, 3.8) is 0 Å². The van der Waals surface area contributed by atoms with E-state index in [2.05, 4.69) is 15.3 Å². The van der Waals surface area contributed by atoms with E-state index in [9.17, 15) is 8.78 Å². The highest BCUT2D eigenvalue weighted by Gasteiger charge is 2.12. The van der Waals surface area contributed by atoms with Gasteiger partial charge in [0.15, 0.2) is 0 Å². The van der Waals surface area contributed by atoms with Gasteiger partial charge in [0.2, 0.25) is 5.95 Å². The summed E-state index contributed by atoms with van der Waals surface area (Å²) in [6, 6.07) is 1.28. The van der Waals surface area contributed by atoms with Crippen LogP contribution in [0.1, 0.15) is 6.92 Å². The Kier molecular flexibility index (Phi) is 3.09. The van der Waals surface area contributed by atoms with E-state index in [1.54, 1.807) is 0 Å². The third kappa shape index (κ3) is 2.16. The van der Waals surface area contributed by atoms with Gasteiger partial charge in [0.25, 0.3) is 0 Å². The summed E-state index contributed by atoms with van der Waals surface area (Å²) in [5, 5.41) is 3.63. The standard InChI is InChI=1S/C10H9F2N3S/c1-2-14-10-8(12)15-9(16-10)6-3-7(11)5-13-4-6/h3-5,14H,2H2,1H3. The smallest absolute Gasteiger partial charge is 0.248 e. The van der Waals surface area contributed by atoms with Crippen LogP contribution in [0.3, 0.4) is 0 Å². The van der Waals surface area contributed by atoms with Gasteiger partial charge in [-0.15, -0.1) is 0 Å². The Morgan fingerprint density at radius 3 is 2.88 bits per heavy atom. The fourth-order valence-corrected chi connectivity index (χ4v) is 2.12. The molecule has 16 heavy (non-hydrogen) atoms. The molecule has 0 aliphatic rings. The number of anilines is 1. The van der Waals surface area contributed by atoms with Crippen molar-refractivity contribution in [2.24, 2.45) is 0 Å². The molecule has 0 aromatic carbocycles.